The smallest absolute Gasteiger partial charge is 0.264 e. The lowest BCUT2D eigenvalue weighted by Crippen LogP contribution is -2.54. The van der Waals surface area contributed by atoms with Crippen LogP contribution in [0.3, 0.4) is 0 Å². The first-order chi connectivity index (χ1) is 18.2. The van der Waals surface area contributed by atoms with Gasteiger partial charge in [-0.25, -0.2) is 12.8 Å². The maximum absolute atomic E-state index is 13.8. The maximum atomic E-state index is 13.8. The predicted octanol–water partition coefficient (Wildman–Crippen LogP) is 5.66. The molecule has 0 bridgehead atoms. The molecular weight excluding hydrogens is 564 g/mol. The first-order valence-corrected chi connectivity index (χ1v) is 14.3. The summed E-state index contributed by atoms with van der Waals surface area (Å²) in [6.07, 6.45) is 0. The summed E-state index contributed by atoms with van der Waals surface area (Å²) in [5, 5.41) is 3.17. The lowest BCUT2D eigenvalue weighted by molar-refractivity contribution is -0.140. The molecule has 0 aromatic heterocycles. The van der Waals surface area contributed by atoms with Gasteiger partial charge in [-0.3, -0.25) is 13.9 Å². The van der Waals surface area contributed by atoms with Crippen molar-refractivity contribution in [3.63, 3.8) is 0 Å². The molecular formula is C28H30Cl2FN3O4S. The summed E-state index contributed by atoms with van der Waals surface area (Å²) >= 11 is 12.3. The molecule has 0 radical (unpaired) electrons. The van der Waals surface area contributed by atoms with Crippen molar-refractivity contribution in [3.05, 3.63) is 94.2 Å². The van der Waals surface area contributed by atoms with Gasteiger partial charge in [0.2, 0.25) is 11.8 Å². The molecule has 0 aliphatic carbocycles. The van der Waals surface area contributed by atoms with Crippen LogP contribution in [-0.4, -0.2) is 43.3 Å². The standard InChI is InChI=1S/C28H30Cl2FN3O4S/c1-19(27(36)32-28(2,3)4)33(17-20-10-12-21(31)13-11-20)26(35)18-34(22-14-15-24(29)25(30)16-22)39(37,38)23-8-6-5-7-9-23/h5-16,19H,17-18H2,1-4H3,(H,32,36)/t19-/m1/s1. The van der Waals surface area contributed by atoms with E-state index in [2.05, 4.69) is 5.32 Å². The van der Waals surface area contributed by atoms with E-state index in [9.17, 15) is 22.4 Å². The van der Waals surface area contributed by atoms with Gasteiger partial charge in [0.05, 0.1) is 20.6 Å². The molecule has 0 aliphatic rings. The van der Waals surface area contributed by atoms with E-state index in [1.54, 1.807) is 25.1 Å². The second kappa shape index (κ2) is 12.4. The van der Waals surface area contributed by atoms with Crippen molar-refractivity contribution in [2.45, 2.75) is 50.7 Å². The minimum absolute atomic E-state index is 0.0347. The van der Waals surface area contributed by atoms with Crippen LogP contribution in [0.4, 0.5) is 10.1 Å². The zero-order chi connectivity index (χ0) is 29.0. The summed E-state index contributed by atoms with van der Waals surface area (Å²) in [4.78, 5) is 28.2. The Balaban J connectivity index is 2.04. The fourth-order valence-corrected chi connectivity index (χ4v) is 5.45. The number of halogens is 3. The van der Waals surface area contributed by atoms with Crippen molar-refractivity contribution in [1.29, 1.82) is 0 Å². The molecule has 0 fully saturated rings. The van der Waals surface area contributed by atoms with Gasteiger partial charge in [0.1, 0.15) is 18.4 Å². The van der Waals surface area contributed by atoms with Crippen LogP contribution in [0.5, 0.6) is 0 Å². The Morgan fingerprint density at radius 3 is 2.13 bits per heavy atom. The Hall–Kier alpha value is -3.14. The number of rotatable bonds is 9. The first-order valence-electron chi connectivity index (χ1n) is 12.1. The summed E-state index contributed by atoms with van der Waals surface area (Å²) in [7, 11) is -4.23. The second-order valence-corrected chi connectivity index (χ2v) is 12.7. The predicted molar refractivity (Wildman–Crippen MR) is 152 cm³/mol. The number of anilines is 1. The van der Waals surface area contributed by atoms with E-state index >= 15 is 0 Å². The van der Waals surface area contributed by atoms with Gasteiger partial charge in [0.25, 0.3) is 10.0 Å². The topological polar surface area (TPSA) is 86.8 Å². The highest BCUT2D eigenvalue weighted by Gasteiger charge is 2.33. The van der Waals surface area contributed by atoms with Crippen LogP contribution in [0, 0.1) is 5.82 Å². The molecule has 0 saturated carbocycles. The van der Waals surface area contributed by atoms with Gasteiger partial charge >= 0.3 is 0 Å². The molecule has 11 heteroatoms. The molecule has 7 nitrogen and oxygen atoms in total. The summed E-state index contributed by atoms with van der Waals surface area (Å²) in [5.74, 6) is -1.53. The maximum Gasteiger partial charge on any atom is 0.264 e. The van der Waals surface area contributed by atoms with Crippen molar-refractivity contribution in [3.8, 4) is 0 Å². The fourth-order valence-electron chi connectivity index (χ4n) is 3.73. The van der Waals surface area contributed by atoms with Crippen LogP contribution in [0.25, 0.3) is 0 Å². The van der Waals surface area contributed by atoms with E-state index in [-0.39, 0.29) is 27.2 Å². The third-order valence-corrected chi connectivity index (χ3v) is 8.26. The third-order valence-electron chi connectivity index (χ3n) is 5.73. The number of carbonyl (C=O) groups is 2. The molecule has 3 aromatic carbocycles. The third kappa shape index (κ3) is 7.94. The number of hydrogen-bond donors (Lipinski definition) is 1. The second-order valence-electron chi connectivity index (χ2n) is 9.99. The van der Waals surface area contributed by atoms with E-state index in [4.69, 9.17) is 23.2 Å². The summed E-state index contributed by atoms with van der Waals surface area (Å²) in [5.41, 5.74) is 0.112. The Labute approximate surface area is 238 Å². The average molecular weight is 595 g/mol. The number of carbonyl (C=O) groups excluding carboxylic acids is 2. The molecule has 3 rings (SSSR count). The molecule has 0 unspecified atom stereocenters. The van der Waals surface area contributed by atoms with Crippen LogP contribution in [0.1, 0.15) is 33.3 Å². The molecule has 1 N–H and O–H groups in total. The number of sulfonamides is 1. The molecule has 1 atom stereocenters. The molecule has 3 aromatic rings. The molecule has 0 aliphatic heterocycles. The molecule has 0 heterocycles. The SMILES string of the molecule is C[C@H](C(=O)NC(C)(C)C)N(Cc1ccc(F)cc1)C(=O)CN(c1ccc(Cl)c(Cl)c1)S(=O)(=O)c1ccccc1. The number of nitrogens with zero attached hydrogens (tertiary/aromatic N) is 2. The van der Waals surface area contributed by atoms with Crippen molar-refractivity contribution in [2.75, 3.05) is 10.8 Å². The van der Waals surface area contributed by atoms with Crippen LogP contribution in [-0.2, 0) is 26.2 Å². The highest BCUT2D eigenvalue weighted by Crippen LogP contribution is 2.31. The van der Waals surface area contributed by atoms with Crippen LogP contribution < -0.4 is 9.62 Å². The van der Waals surface area contributed by atoms with Gasteiger partial charge in [0, 0.05) is 12.1 Å². The zero-order valence-corrected chi connectivity index (χ0v) is 24.3. The molecule has 0 spiro atoms. The van der Waals surface area contributed by atoms with E-state index in [1.807, 2.05) is 20.8 Å². The molecule has 2 amide bonds. The number of amides is 2. The van der Waals surface area contributed by atoms with Crippen LogP contribution in [0.15, 0.2) is 77.7 Å². The van der Waals surface area contributed by atoms with Crippen molar-refractivity contribution >= 4 is 50.7 Å². The van der Waals surface area contributed by atoms with Crippen molar-refractivity contribution in [2.24, 2.45) is 0 Å². The van der Waals surface area contributed by atoms with E-state index in [0.29, 0.717) is 5.56 Å². The minimum Gasteiger partial charge on any atom is -0.350 e. The molecule has 208 valence electrons. The largest absolute Gasteiger partial charge is 0.350 e. The highest BCUT2D eigenvalue weighted by atomic mass is 35.5. The Morgan fingerprint density at radius 1 is 0.949 bits per heavy atom. The quantitative estimate of drug-likeness (QED) is 0.347. The van der Waals surface area contributed by atoms with Gasteiger partial charge in [-0.15, -0.1) is 0 Å². The minimum atomic E-state index is -4.23. The highest BCUT2D eigenvalue weighted by molar-refractivity contribution is 7.92. The van der Waals surface area contributed by atoms with E-state index in [0.717, 1.165) is 4.31 Å². The normalized spacial score (nSPS) is 12.5. The van der Waals surface area contributed by atoms with Crippen LogP contribution >= 0.6 is 23.2 Å². The Morgan fingerprint density at radius 2 is 1.56 bits per heavy atom. The number of nitrogens with one attached hydrogen (secondary N) is 1. The van der Waals surface area contributed by atoms with Gasteiger partial charge in [-0.2, -0.15) is 0 Å². The summed E-state index contributed by atoms with van der Waals surface area (Å²) in [6, 6.07) is 16.4. The van der Waals surface area contributed by atoms with Gasteiger partial charge in [-0.1, -0.05) is 53.5 Å². The van der Waals surface area contributed by atoms with Gasteiger partial charge < -0.3 is 10.2 Å². The lowest BCUT2D eigenvalue weighted by atomic mass is 10.1. The van der Waals surface area contributed by atoms with Crippen molar-refractivity contribution < 1.29 is 22.4 Å². The number of hydrogen-bond acceptors (Lipinski definition) is 4. The monoisotopic (exact) mass is 593 g/mol. The van der Waals surface area contributed by atoms with Crippen molar-refractivity contribution in [1.82, 2.24) is 10.2 Å². The summed E-state index contributed by atoms with van der Waals surface area (Å²) < 4.78 is 41.9. The van der Waals surface area contributed by atoms with E-state index < -0.39 is 45.8 Å². The fraction of sp³-hybridized carbons (Fsp3) is 0.286. The molecule has 0 saturated heterocycles. The van der Waals surface area contributed by atoms with Gasteiger partial charge in [-0.05, 0) is 75.7 Å². The Kier molecular flexibility index (Phi) is 9.64. The Bertz CT molecular complexity index is 1430. The average Bonchev–Trinajstić information content (AvgIpc) is 2.87. The van der Waals surface area contributed by atoms with E-state index in [1.165, 1.54) is 59.5 Å². The first kappa shape index (κ1) is 30.4. The van der Waals surface area contributed by atoms with Crippen LogP contribution in [0.2, 0.25) is 10.0 Å². The summed E-state index contributed by atoms with van der Waals surface area (Å²) in [6.45, 7) is 6.28. The lowest BCUT2D eigenvalue weighted by Gasteiger charge is -2.33. The number of benzene rings is 3. The zero-order valence-electron chi connectivity index (χ0n) is 22.0. The molecule has 39 heavy (non-hydrogen) atoms. The van der Waals surface area contributed by atoms with Gasteiger partial charge in [0.15, 0.2) is 0 Å².